The van der Waals surface area contributed by atoms with Crippen molar-refractivity contribution >= 4 is 11.5 Å². The van der Waals surface area contributed by atoms with Crippen molar-refractivity contribution in [1.82, 2.24) is 9.59 Å². The fourth-order valence-electron chi connectivity index (χ4n) is 1.38. The van der Waals surface area contributed by atoms with Gasteiger partial charge in [0, 0.05) is 5.38 Å². The first-order valence-electron chi connectivity index (χ1n) is 4.72. The van der Waals surface area contributed by atoms with E-state index in [1.54, 1.807) is 0 Å². The molecule has 0 aliphatic carbocycles. The van der Waals surface area contributed by atoms with Crippen LogP contribution in [0.4, 0.5) is 0 Å². The highest BCUT2D eigenvalue weighted by Crippen LogP contribution is 2.23. The molecule has 1 heterocycles. The molecule has 74 valence electrons. The van der Waals surface area contributed by atoms with Gasteiger partial charge in [0.2, 0.25) is 0 Å². The fraction of sp³-hybridized carbons (Fsp3) is 0.778. The van der Waals surface area contributed by atoms with Gasteiger partial charge in [-0.2, -0.15) is 0 Å². The zero-order valence-corrected chi connectivity index (χ0v) is 8.92. The van der Waals surface area contributed by atoms with E-state index in [0.717, 1.165) is 25.0 Å². The fourth-order valence-corrected chi connectivity index (χ4v) is 1.88. The second-order valence-electron chi connectivity index (χ2n) is 3.26. The largest absolute Gasteiger partial charge is 0.387 e. The van der Waals surface area contributed by atoms with Crippen LogP contribution in [0.25, 0.3) is 0 Å². The Bertz CT molecular complexity index is 222. The molecule has 0 saturated heterocycles. The molecule has 0 aromatic carbocycles. The number of nitrogens with zero attached hydrogens (tertiary/aromatic N) is 2. The van der Waals surface area contributed by atoms with Crippen LogP contribution in [0, 0.1) is 5.92 Å². The zero-order chi connectivity index (χ0) is 9.68. The maximum absolute atomic E-state index is 9.75. The van der Waals surface area contributed by atoms with Gasteiger partial charge in [-0.1, -0.05) is 31.2 Å². The van der Waals surface area contributed by atoms with Gasteiger partial charge < -0.3 is 5.11 Å². The molecule has 0 aliphatic rings. The van der Waals surface area contributed by atoms with Crippen molar-refractivity contribution in [2.45, 2.75) is 39.2 Å². The van der Waals surface area contributed by atoms with Crippen molar-refractivity contribution in [1.29, 1.82) is 0 Å². The summed E-state index contributed by atoms with van der Waals surface area (Å²) >= 11 is 1.29. The van der Waals surface area contributed by atoms with Gasteiger partial charge in [0.1, 0.15) is 5.69 Å². The molecule has 1 atom stereocenters. The van der Waals surface area contributed by atoms with Crippen molar-refractivity contribution in [2.75, 3.05) is 0 Å². The molecule has 3 nitrogen and oxygen atoms in total. The number of aliphatic hydroxyl groups is 1. The van der Waals surface area contributed by atoms with Crippen molar-refractivity contribution in [3.63, 3.8) is 0 Å². The van der Waals surface area contributed by atoms with Crippen LogP contribution in [0.1, 0.15) is 44.9 Å². The molecule has 0 fully saturated rings. The SMILES string of the molecule is CCC(CC)CC(O)c1csnn1. The van der Waals surface area contributed by atoms with Gasteiger partial charge in [-0.25, -0.2) is 0 Å². The lowest BCUT2D eigenvalue weighted by Crippen LogP contribution is -2.06. The van der Waals surface area contributed by atoms with Gasteiger partial charge in [-0.05, 0) is 23.9 Å². The molecule has 0 spiro atoms. The van der Waals surface area contributed by atoms with Gasteiger partial charge in [0.25, 0.3) is 0 Å². The summed E-state index contributed by atoms with van der Waals surface area (Å²) in [6, 6.07) is 0. The molecule has 4 heteroatoms. The first-order chi connectivity index (χ1) is 6.27. The highest BCUT2D eigenvalue weighted by atomic mass is 32.1. The molecule has 1 aromatic rings. The molecule has 0 amide bonds. The Morgan fingerprint density at radius 1 is 1.46 bits per heavy atom. The third-order valence-electron chi connectivity index (χ3n) is 2.43. The lowest BCUT2D eigenvalue weighted by atomic mass is 9.95. The summed E-state index contributed by atoms with van der Waals surface area (Å²) in [4.78, 5) is 0. The van der Waals surface area contributed by atoms with E-state index in [9.17, 15) is 5.11 Å². The third kappa shape index (κ3) is 3.04. The van der Waals surface area contributed by atoms with Gasteiger partial charge in [-0.15, -0.1) is 5.10 Å². The summed E-state index contributed by atoms with van der Waals surface area (Å²) in [6.07, 6.45) is 2.61. The average Bonchev–Trinajstić information content (AvgIpc) is 2.66. The highest BCUT2D eigenvalue weighted by molar-refractivity contribution is 7.03. The Kier molecular flexibility index (Phi) is 4.32. The summed E-state index contributed by atoms with van der Waals surface area (Å²) in [5.41, 5.74) is 0.719. The zero-order valence-electron chi connectivity index (χ0n) is 8.10. The number of hydrogen-bond donors (Lipinski definition) is 1. The Morgan fingerprint density at radius 3 is 2.62 bits per heavy atom. The predicted molar refractivity (Wildman–Crippen MR) is 53.6 cm³/mol. The maximum atomic E-state index is 9.75. The van der Waals surface area contributed by atoms with Crippen LogP contribution in [-0.2, 0) is 0 Å². The van der Waals surface area contributed by atoms with E-state index >= 15 is 0 Å². The summed E-state index contributed by atoms with van der Waals surface area (Å²) < 4.78 is 3.73. The predicted octanol–water partition coefficient (Wildman–Crippen LogP) is 2.40. The van der Waals surface area contributed by atoms with Crippen LogP contribution in [-0.4, -0.2) is 14.7 Å². The summed E-state index contributed by atoms with van der Waals surface area (Å²) in [5, 5.41) is 15.4. The molecule has 1 aromatic heterocycles. The molecule has 0 saturated carbocycles. The van der Waals surface area contributed by atoms with Crippen molar-refractivity contribution in [2.24, 2.45) is 5.92 Å². The minimum absolute atomic E-state index is 0.427. The minimum atomic E-state index is -0.427. The highest BCUT2D eigenvalue weighted by Gasteiger charge is 2.15. The van der Waals surface area contributed by atoms with E-state index in [1.165, 1.54) is 11.5 Å². The Labute approximate surface area is 83.0 Å². The standard InChI is InChI=1S/C9H16N2OS/c1-3-7(4-2)5-9(12)8-6-13-11-10-8/h6-7,9,12H,3-5H2,1-2H3. The monoisotopic (exact) mass is 200 g/mol. The minimum Gasteiger partial charge on any atom is -0.387 e. The van der Waals surface area contributed by atoms with Crippen LogP contribution >= 0.6 is 11.5 Å². The van der Waals surface area contributed by atoms with Crippen molar-refractivity contribution in [3.05, 3.63) is 11.1 Å². The van der Waals surface area contributed by atoms with Crippen molar-refractivity contribution < 1.29 is 5.11 Å². The van der Waals surface area contributed by atoms with Gasteiger partial charge in [-0.3, -0.25) is 0 Å². The molecular formula is C9H16N2OS. The number of hydrogen-bond acceptors (Lipinski definition) is 4. The molecule has 1 unspecified atom stereocenters. The molecule has 0 aliphatic heterocycles. The van der Waals surface area contributed by atoms with Crippen LogP contribution in [0.15, 0.2) is 5.38 Å². The third-order valence-corrected chi connectivity index (χ3v) is 2.95. The van der Waals surface area contributed by atoms with Crippen LogP contribution in [0.5, 0.6) is 0 Å². The van der Waals surface area contributed by atoms with Crippen LogP contribution < -0.4 is 0 Å². The first kappa shape index (κ1) is 10.6. The Balaban J connectivity index is 2.45. The van der Waals surface area contributed by atoms with E-state index in [0.29, 0.717) is 5.92 Å². The normalized spacial score (nSPS) is 13.5. The number of rotatable bonds is 5. The summed E-state index contributed by atoms with van der Waals surface area (Å²) in [6.45, 7) is 4.31. The molecule has 1 N–H and O–H groups in total. The number of aromatic nitrogens is 2. The van der Waals surface area contributed by atoms with Gasteiger partial charge in [0.15, 0.2) is 0 Å². The molecular weight excluding hydrogens is 184 g/mol. The van der Waals surface area contributed by atoms with Crippen LogP contribution in [0.2, 0.25) is 0 Å². The molecule has 13 heavy (non-hydrogen) atoms. The van der Waals surface area contributed by atoms with Gasteiger partial charge in [0.05, 0.1) is 6.10 Å². The first-order valence-corrected chi connectivity index (χ1v) is 5.56. The molecule has 0 radical (unpaired) electrons. The Morgan fingerprint density at radius 2 is 2.15 bits per heavy atom. The second-order valence-corrected chi connectivity index (χ2v) is 3.87. The average molecular weight is 200 g/mol. The smallest absolute Gasteiger partial charge is 0.104 e. The number of aliphatic hydroxyl groups excluding tert-OH is 1. The second kappa shape index (κ2) is 5.29. The molecule has 1 rings (SSSR count). The quantitative estimate of drug-likeness (QED) is 0.794. The van der Waals surface area contributed by atoms with E-state index in [2.05, 4.69) is 23.4 Å². The summed E-state index contributed by atoms with van der Waals surface area (Å²) in [7, 11) is 0. The maximum Gasteiger partial charge on any atom is 0.104 e. The lowest BCUT2D eigenvalue weighted by molar-refractivity contribution is 0.137. The summed E-state index contributed by atoms with van der Waals surface area (Å²) in [5.74, 6) is 0.594. The Hall–Kier alpha value is -0.480. The van der Waals surface area contributed by atoms with E-state index < -0.39 is 6.10 Å². The van der Waals surface area contributed by atoms with E-state index in [-0.39, 0.29) is 0 Å². The van der Waals surface area contributed by atoms with E-state index in [4.69, 9.17) is 0 Å². The van der Waals surface area contributed by atoms with Crippen molar-refractivity contribution in [3.8, 4) is 0 Å². The lowest BCUT2D eigenvalue weighted by Gasteiger charge is -2.15. The van der Waals surface area contributed by atoms with Crippen LogP contribution in [0.3, 0.4) is 0 Å². The van der Waals surface area contributed by atoms with Gasteiger partial charge >= 0.3 is 0 Å². The van der Waals surface area contributed by atoms with E-state index in [1.807, 2.05) is 5.38 Å². The topological polar surface area (TPSA) is 46.0 Å². The molecule has 0 bridgehead atoms.